The highest BCUT2D eigenvalue weighted by Crippen LogP contribution is 2.39. The van der Waals surface area contributed by atoms with Crippen molar-refractivity contribution in [1.29, 1.82) is 0 Å². The fraction of sp³-hybridized carbons (Fsp3) is 0.222. The fourth-order valence-electron chi connectivity index (χ4n) is 4.51. The molecule has 0 aliphatic heterocycles. The molecule has 3 heterocycles. The second-order valence-electron chi connectivity index (χ2n) is 9.47. The van der Waals surface area contributed by atoms with E-state index in [-0.39, 0.29) is 23.6 Å². The number of para-hydroxylation sites is 1. The van der Waals surface area contributed by atoms with E-state index < -0.39 is 23.2 Å². The van der Waals surface area contributed by atoms with Gasteiger partial charge in [-0.2, -0.15) is 4.98 Å². The van der Waals surface area contributed by atoms with Crippen LogP contribution in [0.25, 0.3) is 28.1 Å². The van der Waals surface area contributed by atoms with Gasteiger partial charge in [0.2, 0.25) is 17.6 Å². The highest BCUT2D eigenvalue weighted by atomic mass is 35.5. The van der Waals surface area contributed by atoms with Gasteiger partial charge >= 0.3 is 0 Å². The zero-order chi connectivity index (χ0) is 27.3. The Labute approximate surface area is 226 Å². The largest absolute Gasteiger partial charge is 0.361 e. The molecule has 2 aromatic carbocycles. The van der Waals surface area contributed by atoms with Crippen LogP contribution in [0.1, 0.15) is 40.5 Å². The first-order chi connectivity index (χ1) is 18.8. The number of carbonyl (C=O) groups excluding carboxylic acids is 2. The number of halogens is 2. The minimum Gasteiger partial charge on any atom is -0.361 e. The van der Waals surface area contributed by atoms with Gasteiger partial charge in [-0.1, -0.05) is 46.2 Å². The number of rotatable bonds is 7. The Morgan fingerprint density at radius 3 is 2.56 bits per heavy atom. The van der Waals surface area contributed by atoms with Gasteiger partial charge in [0.15, 0.2) is 5.69 Å². The molecule has 1 fully saturated rings. The van der Waals surface area contributed by atoms with Gasteiger partial charge in [-0.05, 0) is 38.0 Å². The second-order valence-corrected chi connectivity index (χ2v) is 9.85. The minimum atomic E-state index is -1.04. The van der Waals surface area contributed by atoms with Crippen LogP contribution in [-0.2, 0) is 11.3 Å². The predicted octanol–water partition coefficient (Wildman–Crippen LogP) is 4.66. The molecule has 1 aliphatic rings. The van der Waals surface area contributed by atoms with E-state index in [0.29, 0.717) is 40.9 Å². The first-order valence-electron chi connectivity index (χ1n) is 12.2. The normalized spacial score (nSPS) is 13.9. The Kier molecular flexibility index (Phi) is 5.95. The molecule has 198 valence electrons. The van der Waals surface area contributed by atoms with Crippen LogP contribution >= 0.6 is 11.6 Å². The number of nitrogens with zero attached hydrogens (tertiary/aromatic N) is 4. The standard InChI is InChI=1S/C27H22ClFN6O4/c1-14-11-20(33-38-14)25(36)32-27(9-10-27)26(37)30-13-16-7-8-17(12-19(16)29)35-21-6-4-3-5-18(21)22(28)23(35)24-31-15(2)39-34-24/h3-8,11-12H,9-10,13H2,1-2H3,(H,30,37)(H,32,36). The number of hydrogen-bond acceptors (Lipinski definition) is 7. The fourth-order valence-corrected chi connectivity index (χ4v) is 4.84. The summed E-state index contributed by atoms with van der Waals surface area (Å²) in [5.74, 6) is -0.274. The van der Waals surface area contributed by atoms with Crippen LogP contribution in [0.3, 0.4) is 0 Å². The van der Waals surface area contributed by atoms with Crippen molar-refractivity contribution in [2.24, 2.45) is 0 Å². The van der Waals surface area contributed by atoms with Gasteiger partial charge in [0.05, 0.1) is 10.5 Å². The number of hydrogen-bond donors (Lipinski definition) is 2. The van der Waals surface area contributed by atoms with E-state index in [0.717, 1.165) is 10.9 Å². The number of carbonyl (C=O) groups is 2. The van der Waals surface area contributed by atoms with Gasteiger partial charge in [0, 0.05) is 36.2 Å². The lowest BCUT2D eigenvalue weighted by atomic mass is 10.1. The summed E-state index contributed by atoms with van der Waals surface area (Å²) in [6.07, 6.45) is 0.950. The molecule has 0 radical (unpaired) electrons. The zero-order valence-electron chi connectivity index (χ0n) is 20.9. The number of amides is 2. The van der Waals surface area contributed by atoms with E-state index in [1.54, 1.807) is 30.5 Å². The maximum atomic E-state index is 15.3. The van der Waals surface area contributed by atoms with Crippen molar-refractivity contribution in [3.8, 4) is 17.2 Å². The molecule has 1 aliphatic carbocycles. The SMILES string of the molecule is Cc1cc(C(=O)NC2(C(=O)NCc3ccc(-n4c(-c5noc(C)n5)c(Cl)c5ccccc54)cc3F)CC2)no1. The van der Waals surface area contributed by atoms with Crippen molar-refractivity contribution in [2.75, 3.05) is 0 Å². The van der Waals surface area contributed by atoms with E-state index in [4.69, 9.17) is 20.6 Å². The maximum absolute atomic E-state index is 15.3. The zero-order valence-corrected chi connectivity index (χ0v) is 21.7. The number of aryl methyl sites for hydroxylation is 2. The molecule has 6 rings (SSSR count). The van der Waals surface area contributed by atoms with Crippen molar-refractivity contribution >= 4 is 34.3 Å². The molecule has 2 N–H and O–H groups in total. The van der Waals surface area contributed by atoms with Crippen molar-refractivity contribution < 1.29 is 23.0 Å². The van der Waals surface area contributed by atoms with Crippen LogP contribution in [0, 0.1) is 19.7 Å². The average Bonchev–Trinajstić information content (AvgIpc) is 3.21. The molecule has 0 unspecified atom stereocenters. The van der Waals surface area contributed by atoms with Crippen LogP contribution in [0.15, 0.2) is 57.6 Å². The molecule has 10 nitrogen and oxygen atoms in total. The average molecular weight is 549 g/mol. The third-order valence-corrected chi connectivity index (χ3v) is 7.07. The first kappa shape index (κ1) is 24.8. The molecule has 0 atom stereocenters. The van der Waals surface area contributed by atoms with Gasteiger partial charge < -0.3 is 24.2 Å². The van der Waals surface area contributed by atoms with E-state index in [1.165, 1.54) is 12.1 Å². The van der Waals surface area contributed by atoms with E-state index in [2.05, 4.69) is 25.9 Å². The Morgan fingerprint density at radius 2 is 1.90 bits per heavy atom. The quantitative estimate of drug-likeness (QED) is 0.303. The second kappa shape index (κ2) is 9.35. The summed E-state index contributed by atoms with van der Waals surface area (Å²) in [6, 6.07) is 13.6. The van der Waals surface area contributed by atoms with Crippen LogP contribution < -0.4 is 10.6 Å². The Bertz CT molecular complexity index is 1750. The molecular weight excluding hydrogens is 527 g/mol. The topological polar surface area (TPSA) is 128 Å². The van der Waals surface area contributed by atoms with E-state index >= 15 is 4.39 Å². The van der Waals surface area contributed by atoms with Gasteiger partial charge in [-0.15, -0.1) is 0 Å². The molecule has 12 heteroatoms. The van der Waals surface area contributed by atoms with Crippen LogP contribution in [0.4, 0.5) is 4.39 Å². The number of nitrogens with one attached hydrogen (secondary N) is 2. The monoisotopic (exact) mass is 548 g/mol. The highest BCUT2D eigenvalue weighted by molar-refractivity contribution is 6.38. The van der Waals surface area contributed by atoms with Gasteiger partial charge in [-0.3, -0.25) is 9.59 Å². The molecule has 0 bridgehead atoms. The smallest absolute Gasteiger partial charge is 0.274 e. The molecule has 3 aromatic heterocycles. The van der Waals surface area contributed by atoms with Gasteiger partial charge in [0.25, 0.3) is 5.91 Å². The predicted molar refractivity (Wildman–Crippen MR) is 139 cm³/mol. The summed E-state index contributed by atoms with van der Waals surface area (Å²) < 4.78 is 27.2. The molecule has 2 amide bonds. The summed E-state index contributed by atoms with van der Waals surface area (Å²) in [6.45, 7) is 3.28. The number of fused-ring (bicyclic) bond motifs is 1. The summed E-state index contributed by atoms with van der Waals surface area (Å²) in [5.41, 5.74) is 1.05. The Balaban J connectivity index is 1.24. The summed E-state index contributed by atoms with van der Waals surface area (Å²) >= 11 is 6.71. The van der Waals surface area contributed by atoms with Crippen molar-refractivity contribution in [3.05, 3.63) is 82.3 Å². The lowest BCUT2D eigenvalue weighted by molar-refractivity contribution is -0.124. The van der Waals surface area contributed by atoms with Crippen LogP contribution in [0.2, 0.25) is 5.02 Å². The van der Waals surface area contributed by atoms with Crippen molar-refractivity contribution in [1.82, 2.24) is 30.5 Å². The molecule has 5 aromatic rings. The van der Waals surface area contributed by atoms with E-state index in [9.17, 15) is 9.59 Å². The van der Waals surface area contributed by atoms with Gasteiger partial charge in [0.1, 0.15) is 22.8 Å². The van der Waals surface area contributed by atoms with Crippen molar-refractivity contribution in [3.63, 3.8) is 0 Å². The maximum Gasteiger partial charge on any atom is 0.274 e. The highest BCUT2D eigenvalue weighted by Gasteiger charge is 2.51. The molecule has 39 heavy (non-hydrogen) atoms. The van der Waals surface area contributed by atoms with Crippen LogP contribution in [-0.4, -0.2) is 37.2 Å². The lowest BCUT2D eigenvalue weighted by Crippen LogP contribution is -2.48. The summed E-state index contributed by atoms with van der Waals surface area (Å²) in [4.78, 5) is 29.7. The molecule has 0 saturated heterocycles. The summed E-state index contributed by atoms with van der Waals surface area (Å²) in [7, 11) is 0. The van der Waals surface area contributed by atoms with Crippen molar-refractivity contribution in [2.45, 2.75) is 38.8 Å². The van der Waals surface area contributed by atoms with E-state index in [1.807, 2.05) is 24.3 Å². The third kappa shape index (κ3) is 4.44. The number of benzene rings is 2. The van der Waals surface area contributed by atoms with Crippen LogP contribution in [0.5, 0.6) is 0 Å². The summed E-state index contributed by atoms with van der Waals surface area (Å²) in [5, 5.41) is 14.3. The third-order valence-electron chi connectivity index (χ3n) is 6.68. The minimum absolute atomic E-state index is 0.0598. The van der Waals surface area contributed by atoms with Gasteiger partial charge in [-0.25, -0.2) is 4.39 Å². The molecule has 1 saturated carbocycles. The Morgan fingerprint density at radius 1 is 1.10 bits per heavy atom. The first-order valence-corrected chi connectivity index (χ1v) is 12.6. The number of aromatic nitrogens is 4. The Hall–Kier alpha value is -4.51. The lowest BCUT2D eigenvalue weighted by Gasteiger charge is -2.17. The molecular formula is C27H22ClFN6O4. The molecule has 0 spiro atoms.